The minimum atomic E-state index is 0.171. The number of hydrogen-bond donors (Lipinski definition) is 3. The molecule has 0 amide bonds. The van der Waals surface area contributed by atoms with E-state index in [0.717, 1.165) is 28.4 Å². The van der Waals surface area contributed by atoms with E-state index in [1.54, 1.807) is 6.07 Å². The number of aromatic hydroxyl groups is 2. The van der Waals surface area contributed by atoms with Gasteiger partial charge in [-0.2, -0.15) is 0 Å². The number of phenolic OH excluding ortho intramolecular Hbond substituents is 2. The second-order valence-electron chi connectivity index (χ2n) is 5.17. The van der Waals surface area contributed by atoms with Crippen molar-refractivity contribution in [2.24, 2.45) is 0 Å². The average Bonchev–Trinajstić information content (AvgIpc) is 2.50. The minimum absolute atomic E-state index is 0.171. The molecule has 3 rings (SSSR count). The maximum absolute atomic E-state index is 9.84. The Morgan fingerprint density at radius 3 is 2.29 bits per heavy atom. The summed E-state index contributed by atoms with van der Waals surface area (Å²) in [4.78, 5) is 0. The summed E-state index contributed by atoms with van der Waals surface area (Å²) >= 11 is 0. The summed E-state index contributed by atoms with van der Waals surface area (Å²) in [5.74, 6) is 0.387. The number of anilines is 1. The van der Waals surface area contributed by atoms with Gasteiger partial charge in [-0.1, -0.05) is 30.3 Å². The summed E-state index contributed by atoms with van der Waals surface area (Å²) in [7, 11) is 0. The predicted molar refractivity (Wildman–Crippen MR) is 85.5 cm³/mol. The summed E-state index contributed by atoms with van der Waals surface area (Å²) in [6, 6.07) is 16.6. The summed E-state index contributed by atoms with van der Waals surface area (Å²) < 4.78 is 0. The van der Waals surface area contributed by atoms with E-state index in [0.29, 0.717) is 6.42 Å². The van der Waals surface area contributed by atoms with Crippen molar-refractivity contribution in [1.29, 1.82) is 0 Å². The zero-order valence-electron chi connectivity index (χ0n) is 11.6. The van der Waals surface area contributed by atoms with Crippen LogP contribution in [0, 0.1) is 0 Å². The maximum atomic E-state index is 9.84. The second-order valence-corrected chi connectivity index (χ2v) is 5.17. The molecule has 3 heteroatoms. The smallest absolute Gasteiger partial charge is 0.119 e. The van der Waals surface area contributed by atoms with Crippen molar-refractivity contribution in [3.63, 3.8) is 0 Å². The Labute approximate surface area is 123 Å². The third-order valence-electron chi connectivity index (χ3n) is 3.77. The van der Waals surface area contributed by atoms with E-state index in [4.69, 9.17) is 5.73 Å². The van der Waals surface area contributed by atoms with Gasteiger partial charge < -0.3 is 15.9 Å². The van der Waals surface area contributed by atoms with Crippen LogP contribution in [0.3, 0.4) is 0 Å². The Morgan fingerprint density at radius 2 is 1.48 bits per heavy atom. The van der Waals surface area contributed by atoms with Crippen molar-refractivity contribution in [2.45, 2.75) is 12.8 Å². The molecular formula is C18H17NO2. The topological polar surface area (TPSA) is 66.5 Å². The van der Waals surface area contributed by atoms with Crippen LogP contribution in [0.15, 0.2) is 54.6 Å². The monoisotopic (exact) mass is 279 g/mol. The lowest BCUT2D eigenvalue weighted by Crippen LogP contribution is -1.95. The van der Waals surface area contributed by atoms with Crippen LogP contribution in [0.4, 0.5) is 5.69 Å². The Morgan fingerprint density at radius 1 is 0.762 bits per heavy atom. The summed E-state index contributed by atoms with van der Waals surface area (Å²) in [5, 5.41) is 21.5. The van der Waals surface area contributed by atoms with E-state index in [2.05, 4.69) is 6.07 Å². The summed E-state index contributed by atoms with van der Waals surface area (Å²) in [5.41, 5.74) is 8.71. The van der Waals surface area contributed by atoms with Gasteiger partial charge in [0.05, 0.1) is 0 Å². The highest BCUT2D eigenvalue weighted by Crippen LogP contribution is 2.27. The molecule has 0 atom stereocenters. The third-order valence-corrected chi connectivity index (χ3v) is 3.77. The van der Waals surface area contributed by atoms with E-state index in [1.165, 1.54) is 17.7 Å². The largest absolute Gasteiger partial charge is 0.508 e. The highest BCUT2D eigenvalue weighted by atomic mass is 16.3. The van der Waals surface area contributed by atoms with Crippen molar-refractivity contribution in [3.05, 3.63) is 65.7 Å². The number of hydrogen-bond acceptors (Lipinski definition) is 3. The van der Waals surface area contributed by atoms with Gasteiger partial charge in [-0.15, -0.1) is 0 Å². The number of nitrogens with two attached hydrogens (primary N) is 1. The molecule has 0 aliphatic rings. The molecule has 21 heavy (non-hydrogen) atoms. The number of phenols is 2. The van der Waals surface area contributed by atoms with E-state index in [-0.39, 0.29) is 11.5 Å². The maximum Gasteiger partial charge on any atom is 0.119 e. The van der Waals surface area contributed by atoms with Crippen LogP contribution < -0.4 is 5.73 Å². The van der Waals surface area contributed by atoms with Crippen LogP contribution in [0.25, 0.3) is 10.8 Å². The molecule has 0 aliphatic heterocycles. The summed E-state index contributed by atoms with van der Waals surface area (Å²) in [6.45, 7) is 0. The molecule has 106 valence electrons. The SMILES string of the molecule is Nc1ccc(CCc2cc(O)ccc2O)c2ccccc12. The van der Waals surface area contributed by atoms with Crippen LogP contribution in [0.5, 0.6) is 11.5 Å². The van der Waals surface area contributed by atoms with Crippen LogP contribution in [-0.4, -0.2) is 10.2 Å². The molecule has 3 aromatic rings. The number of fused-ring (bicyclic) bond motifs is 1. The standard InChI is InChI=1S/C18H17NO2/c19-17-9-7-12(15-3-1-2-4-16(15)17)5-6-13-11-14(20)8-10-18(13)21/h1-4,7-11,20-21H,5-6,19H2. The van der Waals surface area contributed by atoms with Crippen molar-refractivity contribution in [2.75, 3.05) is 5.73 Å². The molecule has 0 aromatic heterocycles. The fourth-order valence-corrected chi connectivity index (χ4v) is 2.64. The molecule has 0 unspecified atom stereocenters. The van der Waals surface area contributed by atoms with E-state index < -0.39 is 0 Å². The van der Waals surface area contributed by atoms with Gasteiger partial charge in [-0.05, 0) is 53.6 Å². The number of aryl methyl sites for hydroxylation is 2. The molecular weight excluding hydrogens is 262 g/mol. The minimum Gasteiger partial charge on any atom is -0.508 e. The molecule has 0 heterocycles. The van der Waals surface area contributed by atoms with Crippen LogP contribution in [0.2, 0.25) is 0 Å². The fourth-order valence-electron chi connectivity index (χ4n) is 2.64. The predicted octanol–water partition coefficient (Wildman–Crippen LogP) is 3.62. The average molecular weight is 279 g/mol. The van der Waals surface area contributed by atoms with E-state index in [1.807, 2.05) is 30.3 Å². The van der Waals surface area contributed by atoms with E-state index >= 15 is 0 Å². The molecule has 0 saturated heterocycles. The molecule has 3 nitrogen and oxygen atoms in total. The normalized spacial score (nSPS) is 10.9. The lowest BCUT2D eigenvalue weighted by atomic mass is 9.97. The Bertz CT molecular complexity index is 796. The van der Waals surface area contributed by atoms with Crippen LogP contribution in [0.1, 0.15) is 11.1 Å². The van der Waals surface area contributed by atoms with Crippen LogP contribution in [-0.2, 0) is 12.8 Å². The first-order valence-electron chi connectivity index (χ1n) is 6.92. The zero-order chi connectivity index (χ0) is 14.8. The molecule has 0 bridgehead atoms. The molecule has 0 radical (unpaired) electrons. The molecule has 0 spiro atoms. The van der Waals surface area contributed by atoms with Crippen molar-refractivity contribution in [1.82, 2.24) is 0 Å². The van der Waals surface area contributed by atoms with Gasteiger partial charge in [0.1, 0.15) is 11.5 Å². The Balaban J connectivity index is 1.92. The highest BCUT2D eigenvalue weighted by molar-refractivity contribution is 5.95. The molecule has 3 aromatic carbocycles. The first kappa shape index (κ1) is 13.3. The quantitative estimate of drug-likeness (QED) is 0.507. The number of rotatable bonds is 3. The van der Waals surface area contributed by atoms with Gasteiger partial charge in [0.2, 0.25) is 0 Å². The lowest BCUT2D eigenvalue weighted by molar-refractivity contribution is 0.454. The van der Waals surface area contributed by atoms with Crippen molar-refractivity contribution >= 4 is 16.5 Å². The van der Waals surface area contributed by atoms with Gasteiger partial charge in [0, 0.05) is 11.1 Å². The van der Waals surface area contributed by atoms with Crippen molar-refractivity contribution in [3.8, 4) is 11.5 Å². The van der Waals surface area contributed by atoms with E-state index in [9.17, 15) is 10.2 Å². The molecule has 4 N–H and O–H groups in total. The highest BCUT2D eigenvalue weighted by Gasteiger charge is 2.07. The molecule has 0 aliphatic carbocycles. The van der Waals surface area contributed by atoms with Gasteiger partial charge in [-0.25, -0.2) is 0 Å². The van der Waals surface area contributed by atoms with Gasteiger partial charge in [0.15, 0.2) is 0 Å². The zero-order valence-corrected chi connectivity index (χ0v) is 11.6. The van der Waals surface area contributed by atoms with Gasteiger partial charge >= 0.3 is 0 Å². The Hall–Kier alpha value is -2.68. The van der Waals surface area contributed by atoms with Gasteiger partial charge in [-0.3, -0.25) is 0 Å². The fraction of sp³-hybridized carbons (Fsp3) is 0.111. The third kappa shape index (κ3) is 2.63. The first-order valence-corrected chi connectivity index (χ1v) is 6.92. The first-order chi connectivity index (χ1) is 10.1. The second kappa shape index (κ2) is 5.37. The summed E-state index contributed by atoms with van der Waals surface area (Å²) in [6.07, 6.45) is 1.44. The van der Waals surface area contributed by atoms with Gasteiger partial charge in [0.25, 0.3) is 0 Å². The molecule has 0 saturated carbocycles. The number of nitrogen functional groups attached to an aromatic ring is 1. The molecule has 0 fully saturated rings. The van der Waals surface area contributed by atoms with Crippen LogP contribution >= 0.6 is 0 Å². The van der Waals surface area contributed by atoms with Crippen molar-refractivity contribution < 1.29 is 10.2 Å². The lowest BCUT2D eigenvalue weighted by Gasteiger charge is -2.10. The number of benzene rings is 3. The Kier molecular flexibility index (Phi) is 3.40.